The highest BCUT2D eigenvalue weighted by Gasteiger charge is 2.14. The Morgan fingerprint density at radius 1 is 1.03 bits per heavy atom. The van der Waals surface area contributed by atoms with Gasteiger partial charge in [-0.25, -0.2) is 0 Å². The number of ketones is 1. The molecule has 0 saturated heterocycles. The van der Waals surface area contributed by atoms with Crippen molar-refractivity contribution in [3.8, 4) is 17.2 Å². The molecule has 7 heteroatoms. The van der Waals surface area contributed by atoms with Gasteiger partial charge in [-0.2, -0.15) is 0 Å². The molecular weight excluding hydrogens is 416 g/mol. The van der Waals surface area contributed by atoms with Crippen molar-refractivity contribution >= 4 is 23.1 Å². The van der Waals surface area contributed by atoms with Crippen LogP contribution in [0.2, 0.25) is 5.02 Å². The number of hydrogen-bond donors (Lipinski definition) is 1. The summed E-state index contributed by atoms with van der Waals surface area (Å²) in [7, 11) is 3.20. The van der Waals surface area contributed by atoms with E-state index in [1.165, 1.54) is 0 Å². The first-order chi connectivity index (χ1) is 14.9. The third kappa shape index (κ3) is 7.64. The first-order valence-electron chi connectivity index (χ1n) is 10.6. The summed E-state index contributed by atoms with van der Waals surface area (Å²) >= 11 is 6.22. The molecule has 2 aromatic rings. The quantitative estimate of drug-likeness (QED) is 0.445. The number of rotatable bonds is 13. The lowest BCUT2D eigenvalue weighted by Crippen LogP contribution is -2.24. The van der Waals surface area contributed by atoms with Crippen LogP contribution in [-0.2, 0) is 17.8 Å². The molecule has 0 fully saturated rings. The van der Waals surface area contributed by atoms with Gasteiger partial charge < -0.3 is 24.8 Å². The number of carbonyl (C=O) groups excluding carboxylic acids is 1. The number of halogens is 1. The molecule has 2 N–H and O–H groups in total. The second kappa shape index (κ2) is 12.4. The summed E-state index contributed by atoms with van der Waals surface area (Å²) in [6.45, 7) is 7.43. The van der Waals surface area contributed by atoms with Crippen LogP contribution >= 0.6 is 11.6 Å². The number of nitrogens with zero attached hydrogens (tertiary/aromatic N) is 1. The van der Waals surface area contributed by atoms with Crippen molar-refractivity contribution in [2.75, 3.05) is 39.6 Å². The standard InChI is InChI=1S/C24H33ClN2O4/c1-5-27(6-2)9-7-8-19(28)12-18-13-22(25)23(26)15-24(18)31-16-17-10-20(29-3)14-21(11-17)30-4/h10-11,13-15H,5-9,12,16,26H2,1-4H3. The Kier molecular flexibility index (Phi) is 9.95. The number of Topliss-reactive ketones (excluding diaryl/α,β-unsaturated/α-hetero) is 1. The predicted molar refractivity (Wildman–Crippen MR) is 125 cm³/mol. The maximum atomic E-state index is 12.6. The van der Waals surface area contributed by atoms with E-state index < -0.39 is 0 Å². The van der Waals surface area contributed by atoms with Gasteiger partial charge in [0.05, 0.1) is 24.9 Å². The van der Waals surface area contributed by atoms with Gasteiger partial charge in [0.25, 0.3) is 0 Å². The number of methoxy groups -OCH3 is 2. The lowest BCUT2D eigenvalue weighted by Gasteiger charge is -2.17. The smallest absolute Gasteiger partial charge is 0.137 e. The molecule has 0 aliphatic heterocycles. The molecule has 0 heterocycles. The number of benzene rings is 2. The van der Waals surface area contributed by atoms with E-state index in [2.05, 4.69) is 18.7 Å². The highest BCUT2D eigenvalue weighted by molar-refractivity contribution is 6.33. The summed E-state index contributed by atoms with van der Waals surface area (Å²) in [5, 5.41) is 0.418. The van der Waals surface area contributed by atoms with Crippen molar-refractivity contribution in [1.82, 2.24) is 4.90 Å². The second-order valence-electron chi connectivity index (χ2n) is 7.34. The first kappa shape index (κ1) is 24.8. The van der Waals surface area contributed by atoms with Gasteiger partial charge in [-0.05, 0) is 49.8 Å². The zero-order valence-corrected chi connectivity index (χ0v) is 19.6. The summed E-state index contributed by atoms with van der Waals surface area (Å²) in [4.78, 5) is 14.9. The van der Waals surface area contributed by atoms with Gasteiger partial charge in [-0.3, -0.25) is 4.79 Å². The molecule has 170 valence electrons. The molecule has 0 amide bonds. The molecule has 0 aromatic heterocycles. The Morgan fingerprint density at radius 3 is 2.26 bits per heavy atom. The van der Waals surface area contributed by atoms with E-state index in [9.17, 15) is 4.79 Å². The topological polar surface area (TPSA) is 74.0 Å². The second-order valence-corrected chi connectivity index (χ2v) is 7.74. The Hall–Kier alpha value is -2.44. The first-order valence-corrected chi connectivity index (χ1v) is 10.9. The third-order valence-corrected chi connectivity index (χ3v) is 5.52. The molecule has 2 rings (SSSR count). The lowest BCUT2D eigenvalue weighted by molar-refractivity contribution is -0.118. The monoisotopic (exact) mass is 448 g/mol. The molecular formula is C24H33ClN2O4. The fourth-order valence-electron chi connectivity index (χ4n) is 3.33. The fourth-order valence-corrected chi connectivity index (χ4v) is 3.52. The molecule has 31 heavy (non-hydrogen) atoms. The Labute approximate surface area is 190 Å². The van der Waals surface area contributed by atoms with Gasteiger partial charge in [-0.1, -0.05) is 25.4 Å². The molecule has 0 spiro atoms. The van der Waals surface area contributed by atoms with Gasteiger partial charge in [-0.15, -0.1) is 0 Å². The molecule has 0 atom stereocenters. The minimum Gasteiger partial charge on any atom is -0.497 e. The minimum absolute atomic E-state index is 0.154. The molecule has 0 radical (unpaired) electrons. The predicted octanol–water partition coefficient (Wildman–Crippen LogP) is 4.75. The van der Waals surface area contributed by atoms with E-state index in [0.29, 0.717) is 34.4 Å². The van der Waals surface area contributed by atoms with Crippen LogP contribution in [0.25, 0.3) is 0 Å². The van der Waals surface area contributed by atoms with E-state index in [4.69, 9.17) is 31.5 Å². The van der Waals surface area contributed by atoms with Gasteiger partial charge >= 0.3 is 0 Å². The van der Waals surface area contributed by atoms with Crippen LogP contribution in [0.15, 0.2) is 30.3 Å². The number of anilines is 1. The van der Waals surface area contributed by atoms with Crippen molar-refractivity contribution in [2.45, 2.75) is 39.7 Å². The summed E-state index contributed by atoms with van der Waals surface area (Å²) in [5.74, 6) is 2.07. The van der Waals surface area contributed by atoms with Crippen LogP contribution in [0.3, 0.4) is 0 Å². The molecule has 0 aliphatic rings. The zero-order valence-electron chi connectivity index (χ0n) is 18.9. The molecule has 2 aromatic carbocycles. The average molecular weight is 449 g/mol. The molecule has 0 unspecified atom stereocenters. The molecule has 0 bridgehead atoms. The summed E-state index contributed by atoms with van der Waals surface area (Å²) in [5.41, 5.74) is 8.01. The van der Waals surface area contributed by atoms with Crippen LogP contribution in [0, 0.1) is 0 Å². The average Bonchev–Trinajstić information content (AvgIpc) is 2.77. The Morgan fingerprint density at radius 2 is 1.68 bits per heavy atom. The third-order valence-electron chi connectivity index (χ3n) is 5.20. The SMILES string of the molecule is CCN(CC)CCCC(=O)Cc1cc(Cl)c(N)cc1OCc1cc(OC)cc(OC)c1. The van der Waals surface area contributed by atoms with Crippen molar-refractivity contribution in [3.63, 3.8) is 0 Å². The summed E-state index contributed by atoms with van der Waals surface area (Å²) < 4.78 is 16.6. The number of carbonyl (C=O) groups is 1. The van der Waals surface area contributed by atoms with Crippen molar-refractivity contribution in [1.29, 1.82) is 0 Å². The summed E-state index contributed by atoms with van der Waals surface area (Å²) in [6, 6.07) is 8.95. The maximum Gasteiger partial charge on any atom is 0.137 e. The van der Waals surface area contributed by atoms with Crippen LogP contribution < -0.4 is 19.9 Å². The van der Waals surface area contributed by atoms with Crippen molar-refractivity contribution in [3.05, 3.63) is 46.5 Å². The van der Waals surface area contributed by atoms with E-state index in [0.717, 1.165) is 37.2 Å². The largest absolute Gasteiger partial charge is 0.497 e. The maximum absolute atomic E-state index is 12.6. The van der Waals surface area contributed by atoms with Crippen LogP contribution in [0.1, 0.15) is 37.8 Å². The van der Waals surface area contributed by atoms with Gasteiger partial charge in [0, 0.05) is 30.5 Å². The van der Waals surface area contributed by atoms with E-state index in [1.807, 2.05) is 12.1 Å². The normalized spacial score (nSPS) is 10.9. The van der Waals surface area contributed by atoms with Crippen LogP contribution in [0.4, 0.5) is 5.69 Å². The Balaban J connectivity index is 2.08. The number of ether oxygens (including phenoxy) is 3. The number of hydrogen-bond acceptors (Lipinski definition) is 6. The van der Waals surface area contributed by atoms with Gasteiger partial charge in [0.1, 0.15) is 29.6 Å². The number of nitrogen functional groups attached to an aromatic ring is 1. The Bertz CT molecular complexity index is 847. The highest BCUT2D eigenvalue weighted by atomic mass is 35.5. The highest BCUT2D eigenvalue weighted by Crippen LogP contribution is 2.31. The molecule has 0 aliphatic carbocycles. The van der Waals surface area contributed by atoms with Gasteiger partial charge in [0.2, 0.25) is 0 Å². The lowest BCUT2D eigenvalue weighted by atomic mass is 10.0. The number of nitrogens with two attached hydrogens (primary N) is 1. The molecule has 0 saturated carbocycles. The molecule has 6 nitrogen and oxygen atoms in total. The van der Waals surface area contributed by atoms with Crippen molar-refractivity contribution in [2.24, 2.45) is 0 Å². The van der Waals surface area contributed by atoms with Crippen LogP contribution in [0.5, 0.6) is 17.2 Å². The summed E-state index contributed by atoms with van der Waals surface area (Å²) in [6.07, 6.45) is 1.61. The van der Waals surface area contributed by atoms with E-state index in [1.54, 1.807) is 32.4 Å². The van der Waals surface area contributed by atoms with Crippen molar-refractivity contribution < 1.29 is 19.0 Å². The van der Waals surface area contributed by atoms with E-state index in [-0.39, 0.29) is 18.8 Å². The zero-order chi connectivity index (χ0) is 22.8. The fraction of sp³-hybridized carbons (Fsp3) is 0.458. The van der Waals surface area contributed by atoms with E-state index >= 15 is 0 Å². The van der Waals surface area contributed by atoms with Gasteiger partial charge in [0.15, 0.2) is 0 Å². The minimum atomic E-state index is 0.154. The van der Waals surface area contributed by atoms with Crippen LogP contribution in [-0.4, -0.2) is 44.5 Å².